The number of ether oxygens (including phenoxy) is 1. The second-order valence-electron chi connectivity index (χ2n) is 4.44. The van der Waals surface area contributed by atoms with Crippen molar-refractivity contribution in [3.8, 4) is 11.8 Å². The van der Waals surface area contributed by atoms with Gasteiger partial charge in [-0.25, -0.2) is 0 Å². The normalized spacial score (nSPS) is 17.6. The standard InChI is InChI=1S/C13H14N6O2/c1-7-13(20)19(2)10-4-3-8(5-11(10)21-7)17-18-9(6-14)12(15)16/h3-5,7,17H,1-2H3,(H3,15,16)/b18-9+. The zero-order chi connectivity index (χ0) is 15.6. The van der Waals surface area contributed by atoms with Gasteiger partial charge in [-0.15, -0.1) is 0 Å². The van der Waals surface area contributed by atoms with Gasteiger partial charge >= 0.3 is 0 Å². The van der Waals surface area contributed by atoms with E-state index < -0.39 is 11.9 Å². The molecule has 8 heteroatoms. The molecule has 1 aromatic carbocycles. The van der Waals surface area contributed by atoms with Crippen LogP contribution in [0.1, 0.15) is 6.92 Å². The molecule has 0 aliphatic carbocycles. The van der Waals surface area contributed by atoms with Crippen molar-refractivity contribution in [3.05, 3.63) is 18.2 Å². The van der Waals surface area contributed by atoms with Crippen LogP contribution < -0.4 is 20.8 Å². The average molecular weight is 286 g/mol. The van der Waals surface area contributed by atoms with Gasteiger partial charge in [-0.05, 0) is 19.1 Å². The van der Waals surface area contributed by atoms with Crippen LogP contribution in [0.2, 0.25) is 0 Å². The quantitative estimate of drug-likeness (QED) is 0.427. The summed E-state index contributed by atoms with van der Waals surface area (Å²) >= 11 is 0. The second-order valence-corrected chi connectivity index (χ2v) is 4.44. The highest BCUT2D eigenvalue weighted by Crippen LogP contribution is 2.35. The number of hydrazone groups is 1. The van der Waals surface area contributed by atoms with E-state index in [0.717, 1.165) is 0 Å². The summed E-state index contributed by atoms with van der Waals surface area (Å²) < 4.78 is 5.52. The molecular weight excluding hydrogens is 272 g/mol. The fraction of sp³-hybridized carbons (Fsp3) is 0.231. The molecule has 108 valence electrons. The van der Waals surface area contributed by atoms with Gasteiger partial charge < -0.3 is 15.4 Å². The van der Waals surface area contributed by atoms with Crippen LogP contribution in [0.25, 0.3) is 0 Å². The number of anilines is 2. The van der Waals surface area contributed by atoms with Crippen molar-refractivity contribution in [1.29, 1.82) is 10.7 Å². The minimum atomic E-state index is -0.562. The van der Waals surface area contributed by atoms with Crippen LogP contribution in [0, 0.1) is 16.7 Å². The van der Waals surface area contributed by atoms with E-state index in [2.05, 4.69) is 10.5 Å². The molecule has 1 heterocycles. The number of nitrogens with one attached hydrogen (secondary N) is 2. The van der Waals surface area contributed by atoms with Crippen molar-refractivity contribution in [3.63, 3.8) is 0 Å². The minimum absolute atomic E-state index is 0.121. The van der Waals surface area contributed by atoms with Gasteiger partial charge in [-0.2, -0.15) is 10.4 Å². The zero-order valence-corrected chi connectivity index (χ0v) is 11.5. The van der Waals surface area contributed by atoms with Crippen LogP contribution in [0.5, 0.6) is 5.75 Å². The fourth-order valence-corrected chi connectivity index (χ4v) is 1.85. The number of carbonyl (C=O) groups is 1. The largest absolute Gasteiger partial charge is 0.479 e. The number of nitriles is 1. The molecule has 0 saturated carbocycles. The summed E-state index contributed by atoms with van der Waals surface area (Å²) in [6, 6.07) is 6.75. The highest BCUT2D eigenvalue weighted by Gasteiger charge is 2.28. The third kappa shape index (κ3) is 2.76. The summed E-state index contributed by atoms with van der Waals surface area (Å²) in [5.74, 6) is -0.00567. The SMILES string of the molecule is CC1Oc2cc(N/N=C(\C#N)C(=N)N)ccc2N(C)C1=O. The fourth-order valence-electron chi connectivity index (χ4n) is 1.85. The summed E-state index contributed by atoms with van der Waals surface area (Å²) in [6.45, 7) is 1.67. The minimum Gasteiger partial charge on any atom is -0.479 e. The molecule has 0 fully saturated rings. The molecule has 1 aliphatic rings. The highest BCUT2D eigenvalue weighted by molar-refractivity contribution is 6.45. The summed E-state index contributed by atoms with van der Waals surface area (Å²) in [5.41, 5.74) is 8.82. The number of rotatable bonds is 3. The number of fused-ring (bicyclic) bond motifs is 1. The van der Waals surface area contributed by atoms with E-state index in [4.69, 9.17) is 21.1 Å². The van der Waals surface area contributed by atoms with Gasteiger partial charge in [0.25, 0.3) is 5.91 Å². The van der Waals surface area contributed by atoms with Gasteiger partial charge in [-0.1, -0.05) is 0 Å². The van der Waals surface area contributed by atoms with E-state index in [1.807, 2.05) is 0 Å². The molecule has 1 atom stereocenters. The first-order chi connectivity index (χ1) is 9.93. The average Bonchev–Trinajstić information content (AvgIpc) is 2.45. The van der Waals surface area contributed by atoms with Gasteiger partial charge in [0.1, 0.15) is 11.8 Å². The molecule has 21 heavy (non-hydrogen) atoms. The lowest BCUT2D eigenvalue weighted by Gasteiger charge is -2.30. The Morgan fingerprint density at radius 1 is 1.62 bits per heavy atom. The number of amidine groups is 1. The number of nitrogens with two attached hydrogens (primary N) is 1. The van der Waals surface area contributed by atoms with Gasteiger partial charge in [-0.3, -0.25) is 15.6 Å². The molecule has 0 saturated heterocycles. The van der Waals surface area contributed by atoms with Crippen molar-refractivity contribution >= 4 is 28.8 Å². The summed E-state index contributed by atoms with van der Waals surface area (Å²) in [5, 5.41) is 19.6. The summed E-state index contributed by atoms with van der Waals surface area (Å²) in [7, 11) is 1.68. The predicted molar refractivity (Wildman–Crippen MR) is 78.5 cm³/mol. The molecule has 1 aliphatic heterocycles. The molecule has 0 bridgehead atoms. The Kier molecular flexibility index (Phi) is 3.75. The molecule has 4 N–H and O–H groups in total. The number of benzene rings is 1. The lowest BCUT2D eigenvalue weighted by atomic mass is 10.2. The molecule has 1 unspecified atom stereocenters. The number of nitrogens with zero attached hydrogens (tertiary/aromatic N) is 3. The van der Waals surface area contributed by atoms with Crippen molar-refractivity contribution in [1.82, 2.24) is 0 Å². The molecule has 0 aromatic heterocycles. The maximum Gasteiger partial charge on any atom is 0.267 e. The number of likely N-dealkylation sites (N-methyl/N-ethyl adjacent to an activating group) is 1. The lowest BCUT2D eigenvalue weighted by molar-refractivity contribution is -0.125. The first-order valence-corrected chi connectivity index (χ1v) is 6.10. The molecule has 8 nitrogen and oxygen atoms in total. The van der Waals surface area contributed by atoms with Crippen LogP contribution in [0.4, 0.5) is 11.4 Å². The number of hydrogen-bond acceptors (Lipinski definition) is 6. The highest BCUT2D eigenvalue weighted by atomic mass is 16.5. The first-order valence-electron chi connectivity index (χ1n) is 6.10. The van der Waals surface area contributed by atoms with Gasteiger partial charge in [0.2, 0.25) is 5.71 Å². The van der Waals surface area contributed by atoms with Crippen molar-refractivity contribution < 1.29 is 9.53 Å². The lowest BCUT2D eigenvalue weighted by Crippen LogP contribution is -2.41. The molecular formula is C13H14N6O2. The topological polar surface area (TPSA) is 128 Å². The van der Waals surface area contributed by atoms with Crippen LogP contribution in [0.3, 0.4) is 0 Å². The van der Waals surface area contributed by atoms with Gasteiger partial charge in [0, 0.05) is 13.1 Å². The first kappa shape index (κ1) is 14.3. The van der Waals surface area contributed by atoms with Crippen molar-refractivity contribution in [2.24, 2.45) is 10.8 Å². The van der Waals surface area contributed by atoms with E-state index in [0.29, 0.717) is 17.1 Å². The van der Waals surface area contributed by atoms with Gasteiger partial charge in [0.15, 0.2) is 11.9 Å². The Labute approximate surface area is 121 Å². The van der Waals surface area contributed by atoms with Crippen molar-refractivity contribution in [2.75, 3.05) is 17.4 Å². The molecule has 1 aromatic rings. The Bertz CT molecular complexity index is 676. The third-order valence-electron chi connectivity index (χ3n) is 2.96. The molecule has 0 radical (unpaired) electrons. The Hall–Kier alpha value is -3.08. The van der Waals surface area contributed by atoms with E-state index in [-0.39, 0.29) is 11.6 Å². The number of carbonyl (C=O) groups excluding carboxylic acids is 1. The number of hydrogen-bond donors (Lipinski definition) is 3. The van der Waals surface area contributed by atoms with E-state index in [1.54, 1.807) is 38.2 Å². The molecule has 2 rings (SSSR count). The summed E-state index contributed by atoms with van der Waals surface area (Å²) in [4.78, 5) is 13.3. The monoisotopic (exact) mass is 286 g/mol. The molecule has 1 amide bonds. The van der Waals surface area contributed by atoms with Gasteiger partial charge in [0.05, 0.1) is 11.4 Å². The second kappa shape index (κ2) is 5.50. The third-order valence-corrected chi connectivity index (χ3v) is 2.96. The van der Waals surface area contributed by atoms with E-state index in [1.165, 1.54) is 4.90 Å². The maximum absolute atomic E-state index is 11.8. The van der Waals surface area contributed by atoms with Crippen LogP contribution >= 0.6 is 0 Å². The smallest absolute Gasteiger partial charge is 0.267 e. The zero-order valence-electron chi connectivity index (χ0n) is 11.5. The van der Waals surface area contributed by atoms with Crippen LogP contribution in [0.15, 0.2) is 23.3 Å². The Morgan fingerprint density at radius 3 is 2.95 bits per heavy atom. The predicted octanol–water partition coefficient (Wildman–Crippen LogP) is 0.658. The van der Waals surface area contributed by atoms with Crippen LogP contribution in [-0.4, -0.2) is 30.6 Å². The Balaban J connectivity index is 2.27. The molecule has 0 spiro atoms. The van der Waals surface area contributed by atoms with E-state index in [9.17, 15) is 4.79 Å². The Morgan fingerprint density at radius 2 is 2.33 bits per heavy atom. The van der Waals surface area contributed by atoms with Crippen LogP contribution in [-0.2, 0) is 4.79 Å². The maximum atomic E-state index is 11.8. The summed E-state index contributed by atoms with van der Waals surface area (Å²) in [6.07, 6.45) is -0.562. The van der Waals surface area contributed by atoms with Crippen molar-refractivity contribution in [2.45, 2.75) is 13.0 Å². The van der Waals surface area contributed by atoms with E-state index >= 15 is 0 Å². The number of amides is 1.